The highest BCUT2D eigenvalue weighted by atomic mass is 127. The number of imidazole rings is 1. The fourth-order valence-corrected chi connectivity index (χ4v) is 2.21. The van der Waals surface area contributed by atoms with Gasteiger partial charge in [-0.2, -0.15) is 0 Å². The van der Waals surface area contributed by atoms with E-state index < -0.39 is 0 Å². The van der Waals surface area contributed by atoms with Gasteiger partial charge in [-0.15, -0.1) is 30.6 Å². The van der Waals surface area contributed by atoms with Gasteiger partial charge in [0.2, 0.25) is 0 Å². The maximum absolute atomic E-state index is 4.45. The van der Waals surface area contributed by atoms with Crippen LogP contribution in [0.5, 0.6) is 0 Å². The molecule has 6 nitrogen and oxygen atoms in total. The van der Waals surface area contributed by atoms with Crippen molar-refractivity contribution < 1.29 is 0 Å². The lowest BCUT2D eigenvalue weighted by atomic mass is 10.3. The zero-order chi connectivity index (χ0) is 16.5. The Balaban J connectivity index is 0.00000288. The van der Waals surface area contributed by atoms with Gasteiger partial charge in [0.25, 0.3) is 0 Å². The number of allylic oxidation sites excluding steroid dienone is 1. The number of halogens is 1. The standard InChI is InChI=1S/C17H24N6.HI/c1-4-5-6-10-22(3)17(18-2)21-13-15-7-8-16(20-12-15)23-11-9-19-14-23;/h4,7-9,11-12,14H,1,5-6,10,13H2,2-3H3,(H,18,21);1H. The minimum absolute atomic E-state index is 0. The number of nitrogens with zero attached hydrogens (tertiary/aromatic N) is 5. The third-order valence-electron chi connectivity index (χ3n) is 3.50. The van der Waals surface area contributed by atoms with Gasteiger partial charge in [0.15, 0.2) is 5.96 Å². The first-order chi connectivity index (χ1) is 11.2. The molecule has 0 atom stereocenters. The third kappa shape index (κ3) is 5.95. The minimum Gasteiger partial charge on any atom is -0.352 e. The molecule has 2 aromatic rings. The number of pyridine rings is 1. The molecule has 0 saturated heterocycles. The maximum atomic E-state index is 4.45. The summed E-state index contributed by atoms with van der Waals surface area (Å²) in [5.74, 6) is 1.74. The Labute approximate surface area is 160 Å². The first-order valence-electron chi connectivity index (χ1n) is 7.70. The van der Waals surface area contributed by atoms with Crippen LogP contribution in [0.1, 0.15) is 18.4 Å². The van der Waals surface area contributed by atoms with Crippen molar-refractivity contribution in [1.82, 2.24) is 24.8 Å². The number of rotatable bonds is 7. The number of nitrogens with one attached hydrogen (secondary N) is 1. The van der Waals surface area contributed by atoms with Crippen molar-refractivity contribution in [2.75, 3.05) is 20.6 Å². The molecule has 24 heavy (non-hydrogen) atoms. The summed E-state index contributed by atoms with van der Waals surface area (Å²) < 4.78 is 1.88. The van der Waals surface area contributed by atoms with Crippen LogP contribution in [0.3, 0.4) is 0 Å². The van der Waals surface area contributed by atoms with Crippen LogP contribution < -0.4 is 5.32 Å². The minimum atomic E-state index is 0. The lowest BCUT2D eigenvalue weighted by Crippen LogP contribution is -2.39. The maximum Gasteiger partial charge on any atom is 0.193 e. The summed E-state index contributed by atoms with van der Waals surface area (Å²) in [6.07, 6.45) is 11.2. The molecule has 0 aromatic carbocycles. The van der Waals surface area contributed by atoms with Crippen molar-refractivity contribution in [3.05, 3.63) is 55.3 Å². The molecule has 0 aliphatic carbocycles. The molecule has 0 spiro atoms. The summed E-state index contributed by atoms with van der Waals surface area (Å²) in [6.45, 7) is 5.39. The largest absolute Gasteiger partial charge is 0.352 e. The molecule has 2 rings (SSSR count). The van der Waals surface area contributed by atoms with Gasteiger partial charge in [-0.1, -0.05) is 12.1 Å². The van der Waals surface area contributed by atoms with Crippen molar-refractivity contribution in [2.24, 2.45) is 4.99 Å². The van der Waals surface area contributed by atoms with Crippen LogP contribution in [-0.4, -0.2) is 46.0 Å². The van der Waals surface area contributed by atoms with Crippen molar-refractivity contribution in [3.63, 3.8) is 0 Å². The quantitative estimate of drug-likeness (QED) is 0.237. The van der Waals surface area contributed by atoms with E-state index in [-0.39, 0.29) is 24.0 Å². The Morgan fingerprint density at radius 2 is 2.29 bits per heavy atom. The molecule has 0 unspecified atom stereocenters. The SMILES string of the molecule is C=CCCCN(C)C(=NC)NCc1ccc(-n2ccnc2)nc1.I. The summed E-state index contributed by atoms with van der Waals surface area (Å²) in [6, 6.07) is 4.04. The highest BCUT2D eigenvalue weighted by molar-refractivity contribution is 14.0. The second-order valence-electron chi connectivity index (χ2n) is 5.25. The van der Waals surface area contributed by atoms with E-state index in [0.29, 0.717) is 6.54 Å². The molecular formula is C17H25IN6. The first kappa shape index (κ1) is 20.1. The summed E-state index contributed by atoms with van der Waals surface area (Å²) in [5, 5.41) is 3.36. The highest BCUT2D eigenvalue weighted by Crippen LogP contribution is 2.05. The molecular weight excluding hydrogens is 415 g/mol. The van der Waals surface area contributed by atoms with Crippen LogP contribution >= 0.6 is 24.0 Å². The summed E-state index contributed by atoms with van der Waals surface area (Å²) >= 11 is 0. The predicted octanol–water partition coefficient (Wildman–Crippen LogP) is 2.86. The molecule has 0 radical (unpaired) electrons. The molecule has 1 N–H and O–H groups in total. The molecule has 2 heterocycles. The van der Waals surface area contributed by atoms with Gasteiger partial charge in [-0.3, -0.25) is 9.56 Å². The van der Waals surface area contributed by atoms with E-state index in [9.17, 15) is 0 Å². The molecule has 2 aromatic heterocycles. The van der Waals surface area contributed by atoms with Gasteiger partial charge in [-0.25, -0.2) is 9.97 Å². The summed E-state index contributed by atoms with van der Waals surface area (Å²) in [7, 11) is 3.84. The lowest BCUT2D eigenvalue weighted by molar-refractivity contribution is 0.470. The second-order valence-corrected chi connectivity index (χ2v) is 5.25. The van der Waals surface area contributed by atoms with E-state index in [2.05, 4.69) is 37.8 Å². The Kier molecular flexibility index (Phi) is 9.06. The van der Waals surface area contributed by atoms with Crippen molar-refractivity contribution in [3.8, 4) is 5.82 Å². The van der Waals surface area contributed by atoms with Crippen LogP contribution in [-0.2, 0) is 6.54 Å². The van der Waals surface area contributed by atoms with E-state index >= 15 is 0 Å². The Bertz CT molecular complexity index is 621. The summed E-state index contributed by atoms with van der Waals surface area (Å²) in [4.78, 5) is 14.9. The molecule has 0 bridgehead atoms. The Hall–Kier alpha value is -1.90. The molecule has 130 valence electrons. The fourth-order valence-electron chi connectivity index (χ4n) is 2.21. The predicted molar refractivity (Wildman–Crippen MR) is 109 cm³/mol. The molecule has 0 fully saturated rings. The molecule has 0 aliphatic heterocycles. The zero-order valence-corrected chi connectivity index (χ0v) is 16.6. The Morgan fingerprint density at radius 3 is 2.88 bits per heavy atom. The second kappa shape index (κ2) is 10.8. The van der Waals surface area contributed by atoms with Crippen molar-refractivity contribution in [1.29, 1.82) is 0 Å². The number of hydrogen-bond donors (Lipinski definition) is 1. The van der Waals surface area contributed by atoms with Gasteiger partial charge in [-0.05, 0) is 24.5 Å². The third-order valence-corrected chi connectivity index (χ3v) is 3.50. The molecule has 0 saturated carbocycles. The van der Waals surface area contributed by atoms with E-state index in [4.69, 9.17) is 0 Å². The number of guanidine groups is 1. The van der Waals surface area contributed by atoms with Gasteiger partial charge in [0, 0.05) is 45.8 Å². The molecule has 0 aliphatic rings. The van der Waals surface area contributed by atoms with Crippen molar-refractivity contribution in [2.45, 2.75) is 19.4 Å². The van der Waals surface area contributed by atoms with Crippen LogP contribution in [0.4, 0.5) is 0 Å². The van der Waals surface area contributed by atoms with Crippen LogP contribution in [0.2, 0.25) is 0 Å². The van der Waals surface area contributed by atoms with E-state index in [1.165, 1.54) is 0 Å². The van der Waals surface area contributed by atoms with Gasteiger partial charge in [0.1, 0.15) is 12.1 Å². The number of aromatic nitrogens is 3. The fraction of sp³-hybridized carbons (Fsp3) is 0.353. The van der Waals surface area contributed by atoms with E-state index in [0.717, 1.165) is 36.7 Å². The van der Waals surface area contributed by atoms with E-state index in [1.54, 1.807) is 19.6 Å². The van der Waals surface area contributed by atoms with Gasteiger partial charge < -0.3 is 10.2 Å². The normalized spacial score (nSPS) is 10.8. The summed E-state index contributed by atoms with van der Waals surface area (Å²) in [5.41, 5.74) is 1.11. The van der Waals surface area contributed by atoms with Crippen LogP contribution in [0, 0.1) is 0 Å². The number of unbranched alkanes of at least 4 members (excludes halogenated alkanes) is 1. The smallest absolute Gasteiger partial charge is 0.193 e. The Morgan fingerprint density at radius 1 is 1.46 bits per heavy atom. The highest BCUT2D eigenvalue weighted by Gasteiger charge is 2.05. The molecule has 0 amide bonds. The monoisotopic (exact) mass is 440 g/mol. The number of aliphatic imine (C=N–C) groups is 1. The number of hydrogen-bond acceptors (Lipinski definition) is 3. The lowest BCUT2D eigenvalue weighted by Gasteiger charge is -2.21. The average molecular weight is 440 g/mol. The van der Waals surface area contributed by atoms with Gasteiger partial charge >= 0.3 is 0 Å². The molecule has 7 heteroatoms. The van der Waals surface area contributed by atoms with Crippen LogP contribution in [0.25, 0.3) is 5.82 Å². The topological polar surface area (TPSA) is 58.3 Å². The first-order valence-corrected chi connectivity index (χ1v) is 7.70. The average Bonchev–Trinajstić information content (AvgIpc) is 3.11. The van der Waals surface area contributed by atoms with Crippen LogP contribution in [0.15, 0.2) is 54.7 Å². The van der Waals surface area contributed by atoms with Gasteiger partial charge in [0.05, 0.1) is 0 Å². The zero-order valence-electron chi connectivity index (χ0n) is 14.2. The van der Waals surface area contributed by atoms with Crippen molar-refractivity contribution >= 4 is 29.9 Å². The van der Waals surface area contributed by atoms with E-state index in [1.807, 2.05) is 36.2 Å².